The normalized spacial score (nSPS) is 15.8. The van der Waals surface area contributed by atoms with E-state index < -0.39 is 5.97 Å². The van der Waals surface area contributed by atoms with E-state index in [-0.39, 0.29) is 5.56 Å². The molecule has 228 valence electrons. The van der Waals surface area contributed by atoms with E-state index >= 15 is 0 Å². The van der Waals surface area contributed by atoms with E-state index in [9.17, 15) is 9.90 Å². The zero-order valence-corrected chi connectivity index (χ0v) is 25.6. The summed E-state index contributed by atoms with van der Waals surface area (Å²) in [5, 5.41) is 10.5. The number of nitrogens with zero attached hydrogens (tertiary/aromatic N) is 3. The molecule has 7 nitrogen and oxygen atoms in total. The highest BCUT2D eigenvalue weighted by molar-refractivity contribution is 6.30. The SMILES string of the molecule is O=C(O)c1ccc(N2CCN(Cc3cc(OCCN4CCCC4)ccc3-c3ccc(Cl)cc3)CC2)cc1Oc1ccccc1. The van der Waals surface area contributed by atoms with Crippen molar-refractivity contribution in [2.45, 2.75) is 19.4 Å². The predicted octanol–water partition coefficient (Wildman–Crippen LogP) is 7.29. The third-order valence-electron chi connectivity index (χ3n) is 8.40. The number of aromatic carboxylic acids is 1. The van der Waals surface area contributed by atoms with Crippen LogP contribution in [0.4, 0.5) is 5.69 Å². The molecule has 2 heterocycles. The summed E-state index contributed by atoms with van der Waals surface area (Å²) in [6, 6.07) is 29.1. The Morgan fingerprint density at radius 1 is 0.773 bits per heavy atom. The molecular formula is C36H38ClN3O4. The van der Waals surface area contributed by atoms with E-state index in [4.69, 9.17) is 21.1 Å². The minimum atomic E-state index is -1.01. The topological polar surface area (TPSA) is 65.5 Å². The molecular weight excluding hydrogens is 574 g/mol. The summed E-state index contributed by atoms with van der Waals surface area (Å²) in [6.45, 7) is 8.17. The predicted molar refractivity (Wildman–Crippen MR) is 175 cm³/mol. The van der Waals surface area contributed by atoms with Gasteiger partial charge in [-0.2, -0.15) is 0 Å². The lowest BCUT2D eigenvalue weighted by Crippen LogP contribution is -2.46. The van der Waals surface area contributed by atoms with Gasteiger partial charge in [-0.3, -0.25) is 9.80 Å². The van der Waals surface area contributed by atoms with Crippen LogP contribution in [0.3, 0.4) is 0 Å². The summed E-state index contributed by atoms with van der Waals surface area (Å²) in [7, 11) is 0. The summed E-state index contributed by atoms with van der Waals surface area (Å²) < 4.78 is 12.2. The van der Waals surface area contributed by atoms with Crippen molar-refractivity contribution in [1.82, 2.24) is 9.80 Å². The number of carboxylic acids is 1. The van der Waals surface area contributed by atoms with Crippen molar-refractivity contribution in [3.8, 4) is 28.4 Å². The molecule has 0 saturated carbocycles. The van der Waals surface area contributed by atoms with Crippen molar-refractivity contribution in [2.24, 2.45) is 0 Å². The van der Waals surface area contributed by atoms with Gasteiger partial charge in [-0.05, 0) is 91.2 Å². The van der Waals surface area contributed by atoms with Crippen molar-refractivity contribution in [1.29, 1.82) is 0 Å². The van der Waals surface area contributed by atoms with Crippen LogP contribution in [0, 0.1) is 0 Å². The monoisotopic (exact) mass is 611 g/mol. The van der Waals surface area contributed by atoms with Crippen LogP contribution in [-0.2, 0) is 6.54 Å². The maximum absolute atomic E-state index is 11.9. The van der Waals surface area contributed by atoms with Gasteiger partial charge in [0.05, 0.1) is 0 Å². The van der Waals surface area contributed by atoms with Crippen LogP contribution in [0.5, 0.6) is 17.2 Å². The van der Waals surface area contributed by atoms with Crippen molar-refractivity contribution in [3.63, 3.8) is 0 Å². The fourth-order valence-electron chi connectivity index (χ4n) is 5.99. The van der Waals surface area contributed by atoms with Gasteiger partial charge in [0.2, 0.25) is 0 Å². The fraction of sp³-hybridized carbons (Fsp3) is 0.306. The lowest BCUT2D eigenvalue weighted by molar-refractivity contribution is 0.0694. The van der Waals surface area contributed by atoms with E-state index in [2.05, 4.69) is 45.0 Å². The first-order valence-corrected chi connectivity index (χ1v) is 15.7. The van der Waals surface area contributed by atoms with Gasteiger partial charge in [-0.1, -0.05) is 48.0 Å². The maximum Gasteiger partial charge on any atom is 0.339 e. The Kier molecular flexibility index (Phi) is 9.66. The number of ether oxygens (including phenoxy) is 2. The average molecular weight is 612 g/mol. The second-order valence-electron chi connectivity index (χ2n) is 11.4. The fourth-order valence-corrected chi connectivity index (χ4v) is 6.12. The molecule has 0 atom stereocenters. The molecule has 4 aromatic carbocycles. The molecule has 4 aromatic rings. The molecule has 0 unspecified atom stereocenters. The number of anilines is 1. The van der Waals surface area contributed by atoms with E-state index in [1.807, 2.05) is 54.6 Å². The molecule has 0 bridgehead atoms. The molecule has 8 heteroatoms. The van der Waals surface area contributed by atoms with Gasteiger partial charge in [-0.25, -0.2) is 4.79 Å². The largest absolute Gasteiger partial charge is 0.492 e. The zero-order valence-electron chi connectivity index (χ0n) is 24.8. The molecule has 44 heavy (non-hydrogen) atoms. The van der Waals surface area contributed by atoms with E-state index in [1.54, 1.807) is 6.07 Å². The summed E-state index contributed by atoms with van der Waals surface area (Å²) in [4.78, 5) is 19.1. The van der Waals surface area contributed by atoms with Gasteiger partial charge in [0.15, 0.2) is 0 Å². The van der Waals surface area contributed by atoms with Crippen LogP contribution < -0.4 is 14.4 Å². The lowest BCUT2D eigenvalue weighted by Gasteiger charge is -2.36. The number of likely N-dealkylation sites (tertiary alicyclic amines) is 1. The highest BCUT2D eigenvalue weighted by Crippen LogP contribution is 2.32. The second kappa shape index (κ2) is 14.2. The Hall–Kier alpha value is -4.04. The first kappa shape index (κ1) is 30.0. The summed E-state index contributed by atoms with van der Waals surface area (Å²) in [6.07, 6.45) is 2.56. The summed E-state index contributed by atoms with van der Waals surface area (Å²) in [5.74, 6) is 0.847. The number of carbonyl (C=O) groups is 1. The van der Waals surface area contributed by atoms with Crippen molar-refractivity contribution < 1.29 is 19.4 Å². The van der Waals surface area contributed by atoms with Gasteiger partial charge < -0.3 is 19.5 Å². The van der Waals surface area contributed by atoms with Crippen LogP contribution in [0.25, 0.3) is 11.1 Å². The number of hydrogen-bond donors (Lipinski definition) is 1. The van der Waals surface area contributed by atoms with Crippen LogP contribution in [0.2, 0.25) is 5.02 Å². The average Bonchev–Trinajstić information content (AvgIpc) is 3.56. The molecule has 0 aromatic heterocycles. The number of piperazine rings is 1. The van der Waals surface area contributed by atoms with Crippen LogP contribution in [-0.4, -0.2) is 73.3 Å². The van der Waals surface area contributed by atoms with Crippen LogP contribution in [0.1, 0.15) is 28.8 Å². The number of para-hydroxylation sites is 1. The van der Waals surface area contributed by atoms with Crippen LogP contribution in [0.15, 0.2) is 91.0 Å². The molecule has 0 radical (unpaired) electrons. The van der Waals surface area contributed by atoms with Crippen molar-refractivity contribution >= 4 is 23.3 Å². The maximum atomic E-state index is 11.9. The number of carboxylic acid groups (broad SMARTS) is 1. The Bertz CT molecular complexity index is 1550. The number of halogens is 1. The summed E-state index contributed by atoms with van der Waals surface area (Å²) >= 11 is 6.20. The standard InChI is InChI=1S/C36H38ClN3O4/c37-29-10-8-27(9-11-29)33-15-13-32(43-23-22-38-16-4-5-17-38)24-28(33)26-39-18-20-40(21-19-39)30-12-14-34(36(41)42)35(25-30)44-31-6-2-1-3-7-31/h1-3,6-15,24-25H,4-5,16-23,26H2,(H,41,42). The molecule has 2 aliphatic rings. The Balaban J connectivity index is 1.14. The van der Waals surface area contributed by atoms with Crippen molar-refractivity contribution in [2.75, 3.05) is 57.3 Å². The smallest absolute Gasteiger partial charge is 0.339 e. The number of rotatable bonds is 11. The lowest BCUT2D eigenvalue weighted by atomic mass is 9.98. The van der Waals surface area contributed by atoms with Gasteiger partial charge in [-0.15, -0.1) is 0 Å². The number of hydrogen-bond acceptors (Lipinski definition) is 6. The molecule has 2 aliphatic heterocycles. The van der Waals surface area contributed by atoms with Crippen LogP contribution >= 0.6 is 11.6 Å². The van der Waals surface area contributed by atoms with Crippen molar-refractivity contribution in [3.05, 3.63) is 107 Å². The minimum absolute atomic E-state index is 0.147. The zero-order chi connectivity index (χ0) is 30.3. The van der Waals surface area contributed by atoms with Gasteiger partial charge >= 0.3 is 5.97 Å². The first-order chi connectivity index (χ1) is 21.5. The Morgan fingerprint density at radius 3 is 2.25 bits per heavy atom. The van der Waals surface area contributed by atoms with E-state index in [0.29, 0.717) is 18.1 Å². The molecule has 1 N–H and O–H groups in total. The second-order valence-corrected chi connectivity index (χ2v) is 11.8. The molecule has 2 saturated heterocycles. The third-order valence-corrected chi connectivity index (χ3v) is 8.66. The minimum Gasteiger partial charge on any atom is -0.492 e. The molecule has 0 amide bonds. The molecule has 2 fully saturated rings. The van der Waals surface area contributed by atoms with Gasteiger partial charge in [0, 0.05) is 56.0 Å². The van der Waals surface area contributed by atoms with E-state index in [1.165, 1.54) is 37.1 Å². The Labute approximate surface area is 264 Å². The summed E-state index contributed by atoms with van der Waals surface area (Å²) in [5.41, 5.74) is 4.65. The molecule has 0 spiro atoms. The first-order valence-electron chi connectivity index (χ1n) is 15.3. The number of benzene rings is 4. The molecule has 6 rings (SSSR count). The van der Waals surface area contributed by atoms with Gasteiger partial charge in [0.25, 0.3) is 0 Å². The van der Waals surface area contributed by atoms with Gasteiger partial charge in [0.1, 0.15) is 29.4 Å². The van der Waals surface area contributed by atoms with E-state index in [0.717, 1.165) is 61.3 Å². The highest BCUT2D eigenvalue weighted by atomic mass is 35.5. The highest BCUT2D eigenvalue weighted by Gasteiger charge is 2.22. The Morgan fingerprint density at radius 2 is 1.52 bits per heavy atom. The quantitative estimate of drug-likeness (QED) is 0.191. The third kappa shape index (κ3) is 7.53. The molecule has 0 aliphatic carbocycles.